The van der Waals surface area contributed by atoms with Gasteiger partial charge in [0.2, 0.25) is 0 Å². The lowest BCUT2D eigenvalue weighted by Crippen LogP contribution is -2.17. The van der Waals surface area contributed by atoms with Crippen LogP contribution < -0.4 is 10.2 Å². The third-order valence-electron chi connectivity index (χ3n) is 2.84. The number of carbonyl (C=O) groups is 1. The molecule has 5 nitrogen and oxygen atoms in total. The predicted octanol–water partition coefficient (Wildman–Crippen LogP) is 3.35. The number of hydrazone groups is 1. The number of hydrogen-bond acceptors (Lipinski definition) is 4. The Morgan fingerprint density at radius 2 is 2.09 bits per heavy atom. The van der Waals surface area contributed by atoms with Gasteiger partial charge in [-0.25, -0.2) is 9.82 Å². The van der Waals surface area contributed by atoms with Crippen molar-refractivity contribution < 1.29 is 19.0 Å². The van der Waals surface area contributed by atoms with Crippen LogP contribution in [0, 0.1) is 5.82 Å². The molecule has 0 saturated heterocycles. The first-order valence-corrected chi connectivity index (χ1v) is 7.13. The zero-order valence-electron chi connectivity index (χ0n) is 12.2. The van der Waals surface area contributed by atoms with Gasteiger partial charge in [0.05, 0.1) is 17.8 Å². The highest BCUT2D eigenvalue weighted by Gasteiger charge is 2.09. The zero-order chi connectivity index (χ0) is 16.8. The Labute approximate surface area is 137 Å². The highest BCUT2D eigenvalue weighted by atomic mass is 35.5. The number of phenols is 1. The van der Waals surface area contributed by atoms with E-state index in [9.17, 15) is 14.3 Å². The first-order chi connectivity index (χ1) is 11.0. The van der Waals surface area contributed by atoms with Crippen molar-refractivity contribution in [3.05, 3.63) is 58.4 Å². The summed E-state index contributed by atoms with van der Waals surface area (Å²) >= 11 is 5.89. The summed E-state index contributed by atoms with van der Waals surface area (Å²) in [4.78, 5) is 11.8. The minimum absolute atomic E-state index is 0.113. The third kappa shape index (κ3) is 4.43. The number of nitrogens with zero attached hydrogens (tertiary/aromatic N) is 1. The number of ether oxygens (including phenoxy) is 1. The van der Waals surface area contributed by atoms with Crippen molar-refractivity contribution >= 4 is 23.7 Å². The topological polar surface area (TPSA) is 70.9 Å². The van der Waals surface area contributed by atoms with Crippen molar-refractivity contribution in [1.29, 1.82) is 0 Å². The van der Waals surface area contributed by atoms with E-state index >= 15 is 0 Å². The van der Waals surface area contributed by atoms with E-state index in [1.165, 1.54) is 42.6 Å². The van der Waals surface area contributed by atoms with Gasteiger partial charge < -0.3 is 9.84 Å². The van der Waals surface area contributed by atoms with Gasteiger partial charge in [-0.1, -0.05) is 11.6 Å². The maximum atomic E-state index is 12.8. The van der Waals surface area contributed by atoms with E-state index in [-0.39, 0.29) is 22.1 Å². The average molecular weight is 337 g/mol. The molecule has 0 radical (unpaired) electrons. The summed E-state index contributed by atoms with van der Waals surface area (Å²) in [6.45, 7) is 2.14. The SMILES string of the molecule is CCOc1cc(/C=N\NC(=O)c2ccc(F)cc2)cc(Cl)c1O. The molecule has 0 fully saturated rings. The van der Waals surface area contributed by atoms with Gasteiger partial charge in [0.1, 0.15) is 5.82 Å². The quantitative estimate of drug-likeness (QED) is 0.649. The Morgan fingerprint density at radius 3 is 2.74 bits per heavy atom. The van der Waals surface area contributed by atoms with E-state index in [0.717, 1.165) is 0 Å². The summed E-state index contributed by atoms with van der Waals surface area (Å²) in [5, 5.41) is 13.6. The Kier molecular flexibility index (Phi) is 5.54. The molecule has 2 N–H and O–H groups in total. The summed E-state index contributed by atoms with van der Waals surface area (Å²) in [5.41, 5.74) is 3.13. The number of phenolic OH excluding ortho intramolecular Hbond substituents is 1. The Balaban J connectivity index is 2.08. The fourth-order valence-electron chi connectivity index (χ4n) is 1.77. The first kappa shape index (κ1) is 16.8. The standard InChI is InChI=1S/C16H14ClFN2O3/c1-2-23-14-8-10(7-13(17)15(14)21)9-19-20-16(22)11-3-5-12(18)6-4-11/h3-9,21H,2H2,1H3,(H,20,22)/b19-9-. The third-order valence-corrected chi connectivity index (χ3v) is 3.12. The van der Waals surface area contributed by atoms with Gasteiger partial charge in [0.15, 0.2) is 11.5 Å². The van der Waals surface area contributed by atoms with Gasteiger partial charge in [-0.3, -0.25) is 4.79 Å². The molecule has 23 heavy (non-hydrogen) atoms. The summed E-state index contributed by atoms with van der Waals surface area (Å²) < 4.78 is 18.0. The molecule has 0 atom stereocenters. The van der Waals surface area contributed by atoms with Crippen molar-refractivity contribution in [2.24, 2.45) is 5.10 Å². The lowest BCUT2D eigenvalue weighted by Gasteiger charge is -2.08. The van der Waals surface area contributed by atoms with E-state index < -0.39 is 11.7 Å². The van der Waals surface area contributed by atoms with E-state index in [1.54, 1.807) is 6.92 Å². The van der Waals surface area contributed by atoms with Gasteiger partial charge in [-0.05, 0) is 48.9 Å². The lowest BCUT2D eigenvalue weighted by atomic mass is 10.2. The van der Waals surface area contributed by atoms with Crippen molar-refractivity contribution in [2.75, 3.05) is 6.61 Å². The number of rotatable bonds is 5. The number of amides is 1. The number of benzene rings is 2. The van der Waals surface area contributed by atoms with Crippen LogP contribution in [0.3, 0.4) is 0 Å². The number of nitrogens with one attached hydrogen (secondary N) is 1. The minimum atomic E-state index is -0.476. The molecule has 0 spiro atoms. The molecular weight excluding hydrogens is 323 g/mol. The van der Waals surface area contributed by atoms with Gasteiger partial charge in [-0.15, -0.1) is 0 Å². The molecule has 2 rings (SSSR count). The molecule has 0 aliphatic rings. The van der Waals surface area contributed by atoms with E-state index in [1.807, 2.05) is 0 Å². The summed E-state index contributed by atoms with van der Waals surface area (Å²) in [7, 11) is 0. The van der Waals surface area contributed by atoms with Crippen molar-refractivity contribution in [3.8, 4) is 11.5 Å². The van der Waals surface area contributed by atoms with Crippen molar-refractivity contribution in [3.63, 3.8) is 0 Å². The molecule has 0 bridgehead atoms. The Hall–Kier alpha value is -2.60. The smallest absolute Gasteiger partial charge is 0.271 e. The fraction of sp³-hybridized carbons (Fsp3) is 0.125. The Morgan fingerprint density at radius 1 is 1.39 bits per heavy atom. The predicted molar refractivity (Wildman–Crippen MR) is 85.7 cm³/mol. The van der Waals surface area contributed by atoms with Crippen LogP contribution in [0.4, 0.5) is 4.39 Å². The molecule has 7 heteroatoms. The van der Waals surface area contributed by atoms with Crippen LogP contribution in [0.2, 0.25) is 5.02 Å². The number of carbonyl (C=O) groups excluding carboxylic acids is 1. The number of hydrogen-bond donors (Lipinski definition) is 2. The van der Waals surface area contributed by atoms with Crippen molar-refractivity contribution in [2.45, 2.75) is 6.92 Å². The molecule has 0 saturated carbocycles. The van der Waals surface area contributed by atoms with Crippen LogP contribution in [0.25, 0.3) is 0 Å². The van der Waals surface area contributed by atoms with Gasteiger partial charge >= 0.3 is 0 Å². The van der Waals surface area contributed by atoms with Crippen LogP contribution in [0.1, 0.15) is 22.8 Å². The molecule has 0 aliphatic carbocycles. The summed E-state index contributed by atoms with van der Waals surface area (Å²) in [6.07, 6.45) is 1.36. The van der Waals surface area contributed by atoms with Crippen LogP contribution in [-0.2, 0) is 0 Å². The molecule has 120 valence electrons. The summed E-state index contributed by atoms with van der Waals surface area (Å²) in [6, 6.07) is 8.10. The molecule has 2 aromatic carbocycles. The zero-order valence-corrected chi connectivity index (χ0v) is 13.0. The van der Waals surface area contributed by atoms with Crippen molar-refractivity contribution in [1.82, 2.24) is 5.43 Å². The first-order valence-electron chi connectivity index (χ1n) is 6.75. The van der Waals surface area contributed by atoms with Crippen LogP contribution in [0.15, 0.2) is 41.5 Å². The number of aromatic hydroxyl groups is 1. The second-order valence-corrected chi connectivity index (χ2v) is 4.90. The Bertz CT molecular complexity index is 733. The molecule has 0 aliphatic heterocycles. The maximum Gasteiger partial charge on any atom is 0.271 e. The largest absolute Gasteiger partial charge is 0.503 e. The average Bonchev–Trinajstić information content (AvgIpc) is 2.53. The molecule has 0 aromatic heterocycles. The van der Waals surface area contributed by atoms with E-state index in [2.05, 4.69) is 10.5 Å². The minimum Gasteiger partial charge on any atom is -0.503 e. The maximum absolute atomic E-state index is 12.8. The van der Waals surface area contributed by atoms with E-state index in [0.29, 0.717) is 12.2 Å². The monoisotopic (exact) mass is 336 g/mol. The number of halogens is 2. The van der Waals surface area contributed by atoms with Crippen LogP contribution in [-0.4, -0.2) is 23.8 Å². The van der Waals surface area contributed by atoms with Crippen LogP contribution in [0.5, 0.6) is 11.5 Å². The molecular formula is C16H14ClFN2O3. The van der Waals surface area contributed by atoms with Gasteiger partial charge in [0.25, 0.3) is 5.91 Å². The van der Waals surface area contributed by atoms with E-state index in [4.69, 9.17) is 16.3 Å². The normalized spacial score (nSPS) is 10.7. The van der Waals surface area contributed by atoms with Gasteiger partial charge in [0, 0.05) is 5.56 Å². The highest BCUT2D eigenvalue weighted by Crippen LogP contribution is 2.34. The summed E-state index contributed by atoms with van der Waals surface area (Å²) in [5.74, 6) is -0.823. The highest BCUT2D eigenvalue weighted by molar-refractivity contribution is 6.32. The van der Waals surface area contributed by atoms with Gasteiger partial charge in [-0.2, -0.15) is 5.10 Å². The van der Waals surface area contributed by atoms with Crippen LogP contribution >= 0.6 is 11.6 Å². The molecule has 0 heterocycles. The molecule has 2 aromatic rings. The fourth-order valence-corrected chi connectivity index (χ4v) is 1.98. The molecule has 0 unspecified atom stereocenters. The lowest BCUT2D eigenvalue weighted by molar-refractivity contribution is 0.0955. The second-order valence-electron chi connectivity index (χ2n) is 4.49. The second kappa shape index (κ2) is 7.60. The molecule has 1 amide bonds.